The van der Waals surface area contributed by atoms with Crippen LogP contribution in [0.3, 0.4) is 0 Å². The lowest BCUT2D eigenvalue weighted by atomic mass is 10.1. The van der Waals surface area contributed by atoms with Gasteiger partial charge in [-0.15, -0.1) is 11.3 Å². The van der Waals surface area contributed by atoms with E-state index in [1.807, 2.05) is 42.5 Å². The van der Waals surface area contributed by atoms with Crippen molar-refractivity contribution in [2.45, 2.75) is 38.1 Å². The van der Waals surface area contributed by atoms with Gasteiger partial charge in [0.15, 0.2) is 0 Å². The van der Waals surface area contributed by atoms with Gasteiger partial charge in [0, 0.05) is 28.6 Å². The Labute approximate surface area is 201 Å². The highest BCUT2D eigenvalue weighted by atomic mass is 32.2. The molecule has 1 aromatic heterocycles. The van der Waals surface area contributed by atoms with E-state index in [0.717, 1.165) is 53.5 Å². The minimum Gasteiger partial charge on any atom is -0.304 e. The van der Waals surface area contributed by atoms with Gasteiger partial charge in [-0.2, -0.15) is 4.31 Å². The molecule has 4 rings (SSSR count). The molecular formula is C27H32N2O2S2. The van der Waals surface area contributed by atoms with Crippen LogP contribution in [-0.4, -0.2) is 43.8 Å². The van der Waals surface area contributed by atoms with Crippen molar-refractivity contribution in [3.63, 3.8) is 0 Å². The molecule has 0 aliphatic rings. The Bertz CT molecular complexity index is 1310. The molecule has 0 aliphatic carbocycles. The van der Waals surface area contributed by atoms with Gasteiger partial charge in [0.1, 0.15) is 4.90 Å². The zero-order valence-electron chi connectivity index (χ0n) is 19.4. The van der Waals surface area contributed by atoms with Crippen LogP contribution in [0.4, 0.5) is 0 Å². The molecule has 4 aromatic rings. The number of fused-ring (bicyclic) bond motifs is 2. The fourth-order valence-electron chi connectivity index (χ4n) is 4.28. The van der Waals surface area contributed by atoms with E-state index in [2.05, 4.69) is 43.0 Å². The highest BCUT2D eigenvalue weighted by Gasteiger charge is 2.27. The summed E-state index contributed by atoms with van der Waals surface area (Å²) < 4.78 is 30.4. The molecular weight excluding hydrogens is 448 g/mol. The summed E-state index contributed by atoms with van der Waals surface area (Å²) in [6.07, 6.45) is 1.82. The molecule has 0 N–H and O–H groups in total. The summed E-state index contributed by atoms with van der Waals surface area (Å²) in [5.41, 5.74) is 1.01. The van der Waals surface area contributed by atoms with Gasteiger partial charge in [-0.1, -0.05) is 68.4 Å². The Morgan fingerprint density at radius 1 is 0.818 bits per heavy atom. The molecule has 174 valence electrons. The molecule has 0 saturated heterocycles. The molecule has 0 unspecified atom stereocenters. The second-order valence-corrected chi connectivity index (χ2v) is 11.2. The molecule has 3 aromatic carbocycles. The summed E-state index contributed by atoms with van der Waals surface area (Å²) in [5.74, 6) is 0. The lowest BCUT2D eigenvalue weighted by Crippen LogP contribution is -2.32. The third-order valence-corrected chi connectivity index (χ3v) is 9.26. The Balaban J connectivity index is 1.61. The Morgan fingerprint density at radius 3 is 2.30 bits per heavy atom. The van der Waals surface area contributed by atoms with Gasteiger partial charge < -0.3 is 4.90 Å². The van der Waals surface area contributed by atoms with Crippen molar-refractivity contribution in [2.75, 3.05) is 26.2 Å². The van der Waals surface area contributed by atoms with Gasteiger partial charge in [-0.25, -0.2) is 8.42 Å². The molecule has 0 atom stereocenters. The number of benzene rings is 3. The first kappa shape index (κ1) is 23.9. The molecule has 6 heteroatoms. The fraction of sp³-hybridized carbons (Fsp3) is 0.333. The van der Waals surface area contributed by atoms with Gasteiger partial charge in [-0.3, -0.25) is 0 Å². The van der Waals surface area contributed by atoms with Gasteiger partial charge in [0.2, 0.25) is 10.0 Å². The van der Waals surface area contributed by atoms with Gasteiger partial charge in [-0.05, 0) is 60.9 Å². The van der Waals surface area contributed by atoms with Crippen LogP contribution in [0.2, 0.25) is 0 Å². The van der Waals surface area contributed by atoms with Crippen molar-refractivity contribution in [1.82, 2.24) is 9.21 Å². The lowest BCUT2D eigenvalue weighted by molar-refractivity contribution is 0.289. The average Bonchev–Trinajstić information content (AvgIpc) is 3.28. The summed E-state index contributed by atoms with van der Waals surface area (Å²) in [6.45, 7) is 8.28. The largest absolute Gasteiger partial charge is 0.304 e. The normalized spacial score (nSPS) is 12.4. The predicted molar refractivity (Wildman–Crippen MR) is 140 cm³/mol. The fourth-order valence-corrected chi connectivity index (χ4v) is 7.22. The molecule has 0 radical (unpaired) electrons. The Morgan fingerprint density at radius 2 is 1.52 bits per heavy atom. The first-order valence-electron chi connectivity index (χ1n) is 11.7. The number of rotatable bonds is 11. The number of hydrogen-bond acceptors (Lipinski definition) is 4. The van der Waals surface area contributed by atoms with E-state index in [-0.39, 0.29) is 0 Å². The lowest BCUT2D eigenvalue weighted by Gasteiger charge is -2.23. The van der Waals surface area contributed by atoms with E-state index < -0.39 is 10.0 Å². The predicted octanol–water partition coefficient (Wildman–Crippen LogP) is 6.37. The summed E-state index contributed by atoms with van der Waals surface area (Å²) >= 11 is 1.49. The highest BCUT2D eigenvalue weighted by Crippen LogP contribution is 2.32. The third kappa shape index (κ3) is 5.46. The number of unbranched alkanes of at least 4 members (excludes halogenated alkanes) is 1. The van der Waals surface area contributed by atoms with Crippen LogP contribution in [0.5, 0.6) is 0 Å². The molecule has 0 saturated carbocycles. The Hall–Kier alpha value is -2.25. The first-order chi connectivity index (χ1) is 16.0. The second kappa shape index (κ2) is 10.8. The van der Waals surface area contributed by atoms with Gasteiger partial charge in [0.05, 0.1) is 0 Å². The third-order valence-electron chi connectivity index (χ3n) is 6.26. The number of thiophene rings is 1. The molecule has 0 spiro atoms. The quantitative estimate of drug-likeness (QED) is 0.234. The van der Waals surface area contributed by atoms with Crippen molar-refractivity contribution in [3.8, 4) is 0 Å². The van der Waals surface area contributed by atoms with E-state index in [0.29, 0.717) is 18.0 Å². The number of sulfonamides is 1. The zero-order valence-corrected chi connectivity index (χ0v) is 21.0. The maximum Gasteiger partial charge on any atom is 0.244 e. The zero-order chi connectivity index (χ0) is 23.3. The van der Waals surface area contributed by atoms with E-state index in [1.165, 1.54) is 16.7 Å². The van der Waals surface area contributed by atoms with Crippen molar-refractivity contribution in [3.05, 3.63) is 77.7 Å². The topological polar surface area (TPSA) is 40.6 Å². The van der Waals surface area contributed by atoms with E-state index >= 15 is 0 Å². The monoisotopic (exact) mass is 480 g/mol. The average molecular weight is 481 g/mol. The second-order valence-electron chi connectivity index (χ2n) is 8.35. The molecule has 0 fully saturated rings. The van der Waals surface area contributed by atoms with Crippen LogP contribution in [0.25, 0.3) is 20.9 Å². The maximum absolute atomic E-state index is 13.8. The van der Waals surface area contributed by atoms with Crippen LogP contribution in [0.1, 0.15) is 32.3 Å². The summed E-state index contributed by atoms with van der Waals surface area (Å²) in [5, 5.41) is 4.91. The van der Waals surface area contributed by atoms with E-state index in [1.54, 1.807) is 9.69 Å². The summed E-state index contributed by atoms with van der Waals surface area (Å²) in [4.78, 5) is 2.81. The van der Waals surface area contributed by atoms with Crippen LogP contribution in [0, 0.1) is 0 Å². The summed E-state index contributed by atoms with van der Waals surface area (Å²) in [6, 6.07) is 22.2. The number of hydrogen-bond donors (Lipinski definition) is 0. The smallest absolute Gasteiger partial charge is 0.244 e. The molecule has 0 bridgehead atoms. The van der Waals surface area contributed by atoms with Crippen molar-refractivity contribution in [1.29, 1.82) is 0 Å². The van der Waals surface area contributed by atoms with Crippen LogP contribution >= 0.6 is 11.3 Å². The van der Waals surface area contributed by atoms with Gasteiger partial charge in [0.25, 0.3) is 0 Å². The maximum atomic E-state index is 13.8. The van der Waals surface area contributed by atoms with Crippen LogP contribution in [-0.2, 0) is 16.6 Å². The van der Waals surface area contributed by atoms with E-state index in [4.69, 9.17) is 0 Å². The summed E-state index contributed by atoms with van der Waals surface area (Å²) in [7, 11) is -3.62. The van der Waals surface area contributed by atoms with Crippen molar-refractivity contribution in [2.24, 2.45) is 0 Å². The first-order valence-corrected chi connectivity index (χ1v) is 14.0. The molecule has 0 aliphatic heterocycles. The molecule has 0 amide bonds. The Kier molecular flexibility index (Phi) is 7.81. The van der Waals surface area contributed by atoms with Crippen molar-refractivity contribution >= 4 is 42.2 Å². The minimum atomic E-state index is -3.62. The molecule has 1 heterocycles. The molecule has 4 nitrogen and oxygen atoms in total. The highest BCUT2D eigenvalue weighted by molar-refractivity contribution is 7.89. The SMILES string of the molecule is CCN(CC)CCCCN(Cc1ccc2ccccc2c1)S(=O)(=O)c1csc2ccccc12. The van der Waals surface area contributed by atoms with Crippen molar-refractivity contribution < 1.29 is 8.42 Å². The van der Waals surface area contributed by atoms with Crippen LogP contribution in [0.15, 0.2) is 77.0 Å². The standard InChI is InChI=1S/C27H32N2O2S2/c1-3-28(4-2)17-9-10-18-29(20-22-15-16-23-11-5-6-12-24(23)19-22)33(30,31)27-21-32-26-14-8-7-13-25(26)27/h5-8,11-16,19,21H,3-4,9-10,17-18,20H2,1-2H3. The van der Waals surface area contributed by atoms with E-state index in [9.17, 15) is 8.42 Å². The van der Waals surface area contributed by atoms with Crippen LogP contribution < -0.4 is 0 Å². The van der Waals surface area contributed by atoms with Gasteiger partial charge >= 0.3 is 0 Å². The molecule has 33 heavy (non-hydrogen) atoms. The number of nitrogens with zero attached hydrogens (tertiary/aromatic N) is 2. The minimum absolute atomic E-state index is 0.378.